The van der Waals surface area contributed by atoms with Gasteiger partial charge in [-0.25, -0.2) is 0 Å². The van der Waals surface area contributed by atoms with Crippen LogP contribution < -0.4 is 14.8 Å². The number of hydrogen-bond donors (Lipinski definition) is 1. The van der Waals surface area contributed by atoms with E-state index in [9.17, 15) is 10.1 Å². The Morgan fingerprint density at radius 1 is 1.35 bits per heavy atom. The second-order valence-electron chi connectivity index (χ2n) is 6.27. The summed E-state index contributed by atoms with van der Waals surface area (Å²) in [5.41, 5.74) is 0.0773. The molecule has 0 radical (unpaired) electrons. The van der Waals surface area contributed by atoms with Crippen LogP contribution in [0.4, 0.5) is 0 Å². The topological polar surface area (TPSA) is 71.3 Å². The van der Waals surface area contributed by atoms with E-state index in [2.05, 4.69) is 11.4 Å². The maximum atomic E-state index is 12.2. The van der Waals surface area contributed by atoms with Gasteiger partial charge in [0.15, 0.2) is 0 Å². The summed E-state index contributed by atoms with van der Waals surface area (Å²) >= 11 is 0. The lowest BCUT2D eigenvalue weighted by Gasteiger charge is -2.25. The smallest absolute Gasteiger partial charge is 0.221 e. The Labute approximate surface area is 138 Å². The van der Waals surface area contributed by atoms with Gasteiger partial charge >= 0.3 is 0 Å². The van der Waals surface area contributed by atoms with Crippen molar-refractivity contribution in [2.45, 2.75) is 45.6 Å². The lowest BCUT2D eigenvalue weighted by atomic mass is 9.92. The van der Waals surface area contributed by atoms with Gasteiger partial charge in [0.1, 0.15) is 17.0 Å². The molecule has 5 heteroatoms. The molecule has 5 nitrogen and oxygen atoms in total. The lowest BCUT2D eigenvalue weighted by molar-refractivity contribution is -0.122. The molecule has 1 aromatic carbocycles. The van der Waals surface area contributed by atoms with Crippen molar-refractivity contribution in [1.29, 1.82) is 5.26 Å². The van der Waals surface area contributed by atoms with Gasteiger partial charge in [0.2, 0.25) is 5.91 Å². The summed E-state index contributed by atoms with van der Waals surface area (Å²) in [4.78, 5) is 12.2. The van der Waals surface area contributed by atoms with Gasteiger partial charge in [-0.3, -0.25) is 4.79 Å². The minimum absolute atomic E-state index is 0.139. The number of benzene rings is 1. The Hall–Kier alpha value is -2.22. The summed E-state index contributed by atoms with van der Waals surface area (Å²) < 4.78 is 10.5. The molecular formula is C18H26N2O3. The van der Waals surface area contributed by atoms with Crippen molar-refractivity contribution >= 4 is 5.91 Å². The molecule has 0 bridgehead atoms. The monoisotopic (exact) mass is 318 g/mol. The fraction of sp³-hybridized carbons (Fsp3) is 0.556. The van der Waals surface area contributed by atoms with E-state index in [4.69, 9.17) is 9.47 Å². The van der Waals surface area contributed by atoms with Crippen LogP contribution in [0.1, 0.15) is 39.2 Å². The molecule has 23 heavy (non-hydrogen) atoms. The molecule has 0 unspecified atom stereocenters. The van der Waals surface area contributed by atoms with E-state index in [-0.39, 0.29) is 5.91 Å². The zero-order valence-electron chi connectivity index (χ0n) is 14.6. The molecule has 0 aliphatic rings. The minimum atomic E-state index is -0.830. The van der Waals surface area contributed by atoms with Crippen LogP contribution in [-0.4, -0.2) is 25.7 Å². The number of nitrogens with one attached hydrogen (secondary N) is 1. The van der Waals surface area contributed by atoms with Crippen molar-refractivity contribution in [3.05, 3.63) is 23.8 Å². The first-order valence-electron chi connectivity index (χ1n) is 7.76. The molecule has 1 amide bonds. The maximum absolute atomic E-state index is 12.2. The van der Waals surface area contributed by atoms with Crippen LogP contribution in [0.25, 0.3) is 0 Å². The van der Waals surface area contributed by atoms with Crippen LogP contribution in [0.2, 0.25) is 0 Å². The molecule has 0 saturated carbocycles. The maximum Gasteiger partial charge on any atom is 0.221 e. The van der Waals surface area contributed by atoms with Gasteiger partial charge in [-0.1, -0.05) is 13.8 Å². The summed E-state index contributed by atoms with van der Waals surface area (Å²) in [6.07, 6.45) is 1.44. The highest BCUT2D eigenvalue weighted by Gasteiger charge is 2.27. The van der Waals surface area contributed by atoms with E-state index < -0.39 is 5.54 Å². The van der Waals surface area contributed by atoms with Crippen LogP contribution in [0.3, 0.4) is 0 Å². The zero-order chi connectivity index (χ0) is 17.5. The molecular weight excluding hydrogens is 292 g/mol. The summed E-state index contributed by atoms with van der Waals surface area (Å²) in [7, 11) is 3.20. The van der Waals surface area contributed by atoms with E-state index in [1.165, 1.54) is 0 Å². The molecule has 0 saturated heterocycles. The highest BCUT2D eigenvalue weighted by Crippen LogP contribution is 2.25. The standard InChI is InChI=1S/C18H26N2O3/c1-13(2)11-18(3,12-19)20-17(21)9-6-14-10-15(22-4)7-8-16(14)23-5/h7-8,10,13H,6,9,11H2,1-5H3,(H,20,21)/t18-/m1/s1. The number of carbonyl (C=O) groups is 1. The van der Waals surface area contributed by atoms with E-state index in [1.807, 2.05) is 32.0 Å². The molecule has 0 aliphatic heterocycles. The predicted molar refractivity (Wildman–Crippen MR) is 89.5 cm³/mol. The number of aryl methyl sites for hydroxylation is 1. The molecule has 1 atom stereocenters. The second kappa shape index (κ2) is 8.42. The average molecular weight is 318 g/mol. The van der Waals surface area contributed by atoms with Crippen molar-refractivity contribution in [1.82, 2.24) is 5.32 Å². The molecule has 1 rings (SSSR count). The van der Waals surface area contributed by atoms with Gasteiger partial charge in [-0.05, 0) is 49.4 Å². The third kappa shape index (κ3) is 5.82. The second-order valence-corrected chi connectivity index (χ2v) is 6.27. The number of ether oxygens (including phenoxy) is 2. The number of hydrogen-bond acceptors (Lipinski definition) is 4. The summed E-state index contributed by atoms with van der Waals surface area (Å²) in [6, 6.07) is 7.71. The van der Waals surface area contributed by atoms with E-state index in [1.54, 1.807) is 21.1 Å². The highest BCUT2D eigenvalue weighted by atomic mass is 16.5. The molecule has 1 aromatic rings. The van der Waals surface area contributed by atoms with Gasteiger partial charge < -0.3 is 14.8 Å². The lowest BCUT2D eigenvalue weighted by Crippen LogP contribution is -2.45. The van der Waals surface area contributed by atoms with Crippen molar-refractivity contribution in [2.75, 3.05) is 14.2 Å². The number of rotatable bonds is 8. The summed E-state index contributed by atoms with van der Waals surface area (Å²) in [5, 5.41) is 12.2. The predicted octanol–water partition coefficient (Wildman–Crippen LogP) is 3.08. The fourth-order valence-corrected chi connectivity index (χ4v) is 2.64. The first-order valence-corrected chi connectivity index (χ1v) is 7.76. The largest absolute Gasteiger partial charge is 0.497 e. The van der Waals surface area contributed by atoms with Gasteiger partial charge in [0, 0.05) is 6.42 Å². The molecule has 126 valence electrons. The highest BCUT2D eigenvalue weighted by molar-refractivity contribution is 5.77. The van der Waals surface area contributed by atoms with Gasteiger partial charge in [0.05, 0.1) is 20.3 Å². The van der Waals surface area contributed by atoms with Gasteiger partial charge in [-0.2, -0.15) is 5.26 Å². The quantitative estimate of drug-likeness (QED) is 0.799. The molecule has 1 N–H and O–H groups in total. The van der Waals surface area contributed by atoms with E-state index in [0.717, 1.165) is 17.1 Å². The zero-order valence-corrected chi connectivity index (χ0v) is 14.6. The van der Waals surface area contributed by atoms with Crippen molar-refractivity contribution in [3.63, 3.8) is 0 Å². The Kier molecular flexibility index (Phi) is 6.89. The van der Waals surface area contributed by atoms with Gasteiger partial charge in [0.25, 0.3) is 0 Å². The van der Waals surface area contributed by atoms with E-state index in [0.29, 0.717) is 25.2 Å². The Morgan fingerprint density at radius 3 is 2.57 bits per heavy atom. The number of nitriles is 1. The molecule has 0 spiro atoms. The van der Waals surface area contributed by atoms with Crippen LogP contribution in [0.15, 0.2) is 18.2 Å². The van der Waals surface area contributed by atoms with Crippen molar-refractivity contribution in [2.24, 2.45) is 5.92 Å². The number of carbonyl (C=O) groups excluding carboxylic acids is 1. The molecule has 0 aliphatic carbocycles. The third-order valence-corrected chi connectivity index (χ3v) is 3.59. The Balaban J connectivity index is 2.71. The van der Waals surface area contributed by atoms with E-state index >= 15 is 0 Å². The van der Waals surface area contributed by atoms with Crippen LogP contribution in [0.5, 0.6) is 11.5 Å². The van der Waals surface area contributed by atoms with Crippen molar-refractivity contribution in [3.8, 4) is 17.6 Å². The minimum Gasteiger partial charge on any atom is -0.497 e. The molecule has 0 heterocycles. The Bertz CT molecular complexity index is 578. The third-order valence-electron chi connectivity index (χ3n) is 3.59. The summed E-state index contributed by atoms with van der Waals surface area (Å²) in [5.74, 6) is 1.64. The first-order chi connectivity index (χ1) is 10.8. The number of nitrogens with zero attached hydrogens (tertiary/aromatic N) is 1. The number of amides is 1. The van der Waals surface area contributed by atoms with Crippen LogP contribution in [0, 0.1) is 17.2 Å². The van der Waals surface area contributed by atoms with Gasteiger partial charge in [-0.15, -0.1) is 0 Å². The average Bonchev–Trinajstić information content (AvgIpc) is 2.51. The fourth-order valence-electron chi connectivity index (χ4n) is 2.64. The Morgan fingerprint density at radius 2 is 2.04 bits per heavy atom. The summed E-state index contributed by atoms with van der Waals surface area (Å²) in [6.45, 7) is 5.82. The van der Waals surface area contributed by atoms with Crippen LogP contribution in [-0.2, 0) is 11.2 Å². The number of methoxy groups -OCH3 is 2. The van der Waals surface area contributed by atoms with Crippen molar-refractivity contribution < 1.29 is 14.3 Å². The normalized spacial score (nSPS) is 13.1. The first kappa shape index (κ1) is 18.8. The SMILES string of the molecule is COc1ccc(OC)c(CCC(=O)N[C@@](C)(C#N)CC(C)C)c1. The molecule has 0 aromatic heterocycles. The van der Waals surface area contributed by atoms with Crippen LogP contribution >= 0.6 is 0 Å². The molecule has 0 fully saturated rings.